The largest absolute Gasteiger partial charge is 0.364 e. The fraction of sp³-hybridized carbons (Fsp3) is 0.231. The van der Waals surface area contributed by atoms with Crippen molar-refractivity contribution >= 4 is 34.8 Å². The van der Waals surface area contributed by atoms with Gasteiger partial charge in [-0.25, -0.2) is 4.98 Å². The lowest BCUT2D eigenvalue weighted by molar-refractivity contribution is 0.0995. The van der Waals surface area contributed by atoms with Crippen molar-refractivity contribution in [3.05, 3.63) is 34.6 Å². The van der Waals surface area contributed by atoms with Crippen LogP contribution < -0.4 is 16.0 Å². The second kappa shape index (κ2) is 5.92. The number of hydrogen-bond donors (Lipinski definition) is 2. The Bertz CT molecular complexity index is 688. The van der Waals surface area contributed by atoms with Gasteiger partial charge in [0.15, 0.2) is 10.8 Å². The third-order valence-electron chi connectivity index (χ3n) is 2.75. The minimum Gasteiger partial charge on any atom is -0.364 e. The topological polar surface area (TPSA) is 97.0 Å². The first-order chi connectivity index (χ1) is 9.88. The number of nitrogens with one attached hydrogen (secondary N) is 1. The molecule has 7 nitrogen and oxygen atoms in total. The molecular weight excluding hydrogens is 292 g/mol. The zero-order valence-electron chi connectivity index (χ0n) is 11.9. The fourth-order valence-corrected chi connectivity index (χ4v) is 1.97. The minimum absolute atomic E-state index is 0.00757. The second-order valence-corrected chi connectivity index (χ2v) is 5.04. The smallest absolute Gasteiger partial charge is 0.271 e. The normalized spacial score (nSPS) is 10.3. The van der Waals surface area contributed by atoms with E-state index in [9.17, 15) is 4.79 Å². The van der Waals surface area contributed by atoms with Gasteiger partial charge in [-0.1, -0.05) is 17.7 Å². The van der Waals surface area contributed by atoms with E-state index in [1.165, 1.54) is 6.07 Å². The van der Waals surface area contributed by atoms with E-state index < -0.39 is 5.91 Å². The van der Waals surface area contributed by atoms with Crippen molar-refractivity contribution in [2.24, 2.45) is 5.73 Å². The number of pyridine rings is 1. The van der Waals surface area contributed by atoms with E-state index in [-0.39, 0.29) is 10.8 Å². The van der Waals surface area contributed by atoms with Gasteiger partial charge in [0.25, 0.3) is 5.91 Å². The van der Waals surface area contributed by atoms with Crippen LogP contribution in [0.5, 0.6) is 0 Å². The molecule has 0 atom stereocenters. The van der Waals surface area contributed by atoms with E-state index >= 15 is 0 Å². The highest BCUT2D eigenvalue weighted by molar-refractivity contribution is 6.29. The molecule has 3 N–H and O–H groups in total. The van der Waals surface area contributed by atoms with Gasteiger partial charge < -0.3 is 16.0 Å². The van der Waals surface area contributed by atoms with Gasteiger partial charge in [-0.3, -0.25) is 4.79 Å². The average molecular weight is 307 g/mol. The van der Waals surface area contributed by atoms with Crippen LogP contribution in [0, 0.1) is 6.92 Å². The van der Waals surface area contributed by atoms with Crippen LogP contribution in [0.1, 0.15) is 16.1 Å². The van der Waals surface area contributed by atoms with Crippen molar-refractivity contribution in [2.45, 2.75) is 6.92 Å². The molecule has 0 aliphatic carbocycles. The van der Waals surface area contributed by atoms with Crippen LogP contribution in [0.15, 0.2) is 18.2 Å². The lowest BCUT2D eigenvalue weighted by Gasteiger charge is -2.16. The van der Waals surface area contributed by atoms with Gasteiger partial charge in [-0.2, -0.15) is 0 Å². The summed E-state index contributed by atoms with van der Waals surface area (Å²) in [5.74, 6) is 0.672. The molecule has 0 spiro atoms. The Kier molecular flexibility index (Phi) is 4.23. The maximum atomic E-state index is 11.4. The zero-order chi connectivity index (χ0) is 15.6. The molecule has 0 saturated carbocycles. The third-order valence-corrected chi connectivity index (χ3v) is 2.94. The average Bonchev–Trinajstić information content (AvgIpc) is 2.40. The number of halogens is 1. The molecule has 0 aliphatic heterocycles. The molecule has 2 heterocycles. The van der Waals surface area contributed by atoms with Gasteiger partial charge in [0.05, 0.1) is 5.69 Å². The molecule has 0 aromatic carbocycles. The lowest BCUT2D eigenvalue weighted by atomic mass is 10.2. The van der Waals surface area contributed by atoms with E-state index in [0.29, 0.717) is 11.5 Å². The van der Waals surface area contributed by atoms with Gasteiger partial charge in [-0.05, 0) is 18.6 Å². The third kappa shape index (κ3) is 3.38. The van der Waals surface area contributed by atoms with Crippen molar-refractivity contribution < 1.29 is 4.79 Å². The van der Waals surface area contributed by atoms with E-state index in [0.717, 1.165) is 11.4 Å². The number of amides is 1. The van der Waals surface area contributed by atoms with Crippen LogP contribution in [0.2, 0.25) is 5.15 Å². The van der Waals surface area contributed by atoms with Crippen LogP contribution in [0.3, 0.4) is 0 Å². The maximum Gasteiger partial charge on any atom is 0.271 e. The van der Waals surface area contributed by atoms with Crippen LogP contribution in [0.25, 0.3) is 0 Å². The van der Waals surface area contributed by atoms with E-state index in [1.807, 2.05) is 32.0 Å². The number of aryl methyl sites for hydroxylation is 1. The summed E-state index contributed by atoms with van der Waals surface area (Å²) in [6.45, 7) is 1.96. The molecule has 0 radical (unpaired) electrons. The molecule has 2 rings (SSSR count). The van der Waals surface area contributed by atoms with Gasteiger partial charge in [0.1, 0.15) is 11.6 Å². The summed E-state index contributed by atoms with van der Waals surface area (Å²) in [7, 11) is 3.80. The van der Waals surface area contributed by atoms with Gasteiger partial charge in [0, 0.05) is 20.2 Å². The van der Waals surface area contributed by atoms with Gasteiger partial charge in [0.2, 0.25) is 0 Å². The predicted molar refractivity (Wildman–Crippen MR) is 82.1 cm³/mol. The first-order valence-electron chi connectivity index (χ1n) is 6.13. The molecule has 2 aromatic rings. The molecule has 2 aromatic heterocycles. The number of nitrogens with zero attached hydrogens (tertiary/aromatic N) is 4. The fourth-order valence-electron chi connectivity index (χ4n) is 1.82. The molecular formula is C13H15ClN6O. The van der Waals surface area contributed by atoms with E-state index in [4.69, 9.17) is 17.3 Å². The first kappa shape index (κ1) is 15.0. The second-order valence-electron chi connectivity index (χ2n) is 4.65. The number of nitrogens with two attached hydrogens (primary N) is 1. The summed E-state index contributed by atoms with van der Waals surface area (Å²) in [6.07, 6.45) is 0. The molecule has 21 heavy (non-hydrogen) atoms. The van der Waals surface area contributed by atoms with E-state index in [2.05, 4.69) is 20.5 Å². The molecule has 8 heteroatoms. The minimum atomic E-state index is -0.693. The predicted octanol–water partition coefficient (Wildman–Crippen LogP) is 1.74. The molecule has 0 saturated heterocycles. The van der Waals surface area contributed by atoms with Crippen LogP contribution in [0.4, 0.5) is 17.3 Å². The summed E-state index contributed by atoms with van der Waals surface area (Å²) in [5, 5.41) is 10.4. The Morgan fingerprint density at radius 3 is 2.67 bits per heavy atom. The quantitative estimate of drug-likeness (QED) is 0.893. The monoisotopic (exact) mass is 306 g/mol. The Labute approximate surface area is 127 Å². The number of carbonyl (C=O) groups is 1. The summed E-state index contributed by atoms with van der Waals surface area (Å²) in [6, 6.07) is 5.19. The van der Waals surface area contributed by atoms with Crippen molar-refractivity contribution in [3.8, 4) is 0 Å². The Hall–Kier alpha value is -2.41. The zero-order valence-corrected chi connectivity index (χ0v) is 12.6. The Balaban J connectivity index is 2.40. The highest BCUT2D eigenvalue weighted by Crippen LogP contribution is 2.23. The maximum absolute atomic E-state index is 11.4. The summed E-state index contributed by atoms with van der Waals surface area (Å²) < 4.78 is 0. The number of primary amides is 1. The van der Waals surface area contributed by atoms with Gasteiger partial charge >= 0.3 is 0 Å². The number of carbonyl (C=O) groups excluding carboxylic acids is 1. The molecule has 0 aliphatic rings. The Morgan fingerprint density at radius 2 is 2.05 bits per heavy atom. The first-order valence-corrected chi connectivity index (χ1v) is 6.51. The number of anilines is 3. The number of hydrogen-bond acceptors (Lipinski definition) is 6. The lowest BCUT2D eigenvalue weighted by Crippen LogP contribution is -2.17. The van der Waals surface area contributed by atoms with Crippen molar-refractivity contribution in [3.63, 3.8) is 0 Å². The standard InChI is InChI=1S/C13H15ClN6O/c1-7-4-5-10(17-13(7)20(2)3)16-8-6-9(14)18-19-11(8)12(15)21/h4-6H,1-3H3,(H2,15,21)(H,16,17,18). The molecule has 0 bridgehead atoms. The van der Waals surface area contributed by atoms with Crippen LogP contribution in [-0.2, 0) is 0 Å². The molecule has 0 unspecified atom stereocenters. The van der Waals surface area contributed by atoms with Crippen molar-refractivity contribution in [2.75, 3.05) is 24.3 Å². The SMILES string of the molecule is Cc1ccc(Nc2cc(Cl)nnc2C(N)=O)nc1N(C)C. The number of aromatic nitrogens is 3. The van der Waals surface area contributed by atoms with Gasteiger partial charge in [-0.15, -0.1) is 10.2 Å². The molecule has 0 fully saturated rings. The highest BCUT2D eigenvalue weighted by Gasteiger charge is 2.13. The van der Waals surface area contributed by atoms with Crippen molar-refractivity contribution in [1.82, 2.24) is 15.2 Å². The molecule has 110 valence electrons. The highest BCUT2D eigenvalue weighted by atomic mass is 35.5. The summed E-state index contributed by atoms with van der Waals surface area (Å²) >= 11 is 5.80. The molecule has 1 amide bonds. The van der Waals surface area contributed by atoms with E-state index in [1.54, 1.807) is 6.07 Å². The summed E-state index contributed by atoms with van der Waals surface area (Å²) in [4.78, 5) is 17.7. The van der Waals surface area contributed by atoms with Crippen LogP contribution in [-0.4, -0.2) is 35.2 Å². The summed E-state index contributed by atoms with van der Waals surface area (Å²) in [5.41, 5.74) is 6.67. The van der Waals surface area contributed by atoms with Crippen LogP contribution >= 0.6 is 11.6 Å². The number of rotatable bonds is 4. The Morgan fingerprint density at radius 1 is 1.33 bits per heavy atom. The van der Waals surface area contributed by atoms with Crippen molar-refractivity contribution in [1.29, 1.82) is 0 Å².